The number of benzene rings is 1. The van der Waals surface area contributed by atoms with Crippen molar-refractivity contribution in [3.05, 3.63) is 51.3 Å². The molecule has 1 aromatic heterocycles. The summed E-state index contributed by atoms with van der Waals surface area (Å²) in [6, 6.07) is 6.16. The highest BCUT2D eigenvalue weighted by Gasteiger charge is 2.11. The van der Waals surface area contributed by atoms with Gasteiger partial charge in [-0.05, 0) is 38.5 Å². The zero-order valence-electron chi connectivity index (χ0n) is 14.3. The zero-order valence-corrected chi connectivity index (χ0v) is 14.3. The second-order valence-electron chi connectivity index (χ2n) is 5.47. The second kappa shape index (κ2) is 7.47. The summed E-state index contributed by atoms with van der Waals surface area (Å²) in [5.74, 6) is 0.0120. The first-order valence-electron chi connectivity index (χ1n) is 7.45. The third kappa shape index (κ3) is 5.06. The highest BCUT2D eigenvalue weighted by atomic mass is 16.6. The molecule has 0 saturated heterocycles. The van der Waals surface area contributed by atoms with E-state index in [2.05, 4.69) is 25.6 Å². The highest BCUT2D eigenvalue weighted by Crippen LogP contribution is 2.21. The molecule has 1 aromatic carbocycles. The molecule has 25 heavy (non-hydrogen) atoms. The number of nitro groups is 1. The monoisotopic (exact) mass is 342 g/mol. The molecule has 0 bridgehead atoms. The van der Waals surface area contributed by atoms with Crippen LogP contribution in [0.5, 0.6) is 0 Å². The molecule has 2 rings (SSSR count). The SMILES string of the molecule is CC(=O)NC(=Nc1nc(C)cc(C)n1)Nc1ccc([N+](=O)[O-])cc1C. The fraction of sp³-hybridized carbons (Fsp3) is 0.250. The van der Waals surface area contributed by atoms with E-state index in [0.717, 1.165) is 11.4 Å². The number of guanidine groups is 1. The van der Waals surface area contributed by atoms with Crippen LogP contribution in [-0.4, -0.2) is 26.8 Å². The molecule has 130 valence electrons. The van der Waals surface area contributed by atoms with E-state index in [4.69, 9.17) is 0 Å². The van der Waals surface area contributed by atoms with Crippen molar-refractivity contribution in [2.75, 3.05) is 5.32 Å². The Labute approximate surface area is 144 Å². The van der Waals surface area contributed by atoms with Gasteiger partial charge in [0.2, 0.25) is 11.9 Å². The number of amides is 1. The second-order valence-corrected chi connectivity index (χ2v) is 5.47. The molecule has 0 atom stereocenters. The first-order valence-corrected chi connectivity index (χ1v) is 7.45. The van der Waals surface area contributed by atoms with Gasteiger partial charge >= 0.3 is 0 Å². The van der Waals surface area contributed by atoms with Gasteiger partial charge in [0.25, 0.3) is 11.6 Å². The van der Waals surface area contributed by atoms with Crippen LogP contribution in [0.2, 0.25) is 0 Å². The standard InChI is InChI=1S/C16H18N6O3/c1-9-7-13(22(24)25)5-6-14(9)20-16(19-12(4)23)21-15-17-10(2)8-11(3)18-15/h5-8H,1-4H3,(H2,17,18,19,20,21,23). The van der Waals surface area contributed by atoms with Crippen LogP contribution in [0.3, 0.4) is 0 Å². The number of rotatable bonds is 3. The fourth-order valence-corrected chi connectivity index (χ4v) is 2.14. The Morgan fingerprint density at radius 2 is 1.80 bits per heavy atom. The van der Waals surface area contributed by atoms with Gasteiger partial charge in [-0.3, -0.25) is 20.2 Å². The minimum Gasteiger partial charge on any atom is -0.325 e. The third-order valence-electron chi connectivity index (χ3n) is 3.15. The lowest BCUT2D eigenvalue weighted by atomic mass is 10.2. The van der Waals surface area contributed by atoms with E-state index < -0.39 is 4.92 Å². The molecule has 0 aliphatic heterocycles. The zero-order chi connectivity index (χ0) is 18.6. The summed E-state index contributed by atoms with van der Waals surface area (Å²) in [5, 5.41) is 16.3. The molecule has 0 aliphatic carbocycles. The van der Waals surface area contributed by atoms with Crippen molar-refractivity contribution in [2.45, 2.75) is 27.7 Å². The van der Waals surface area contributed by atoms with Gasteiger partial charge < -0.3 is 5.32 Å². The maximum Gasteiger partial charge on any atom is 0.269 e. The number of hydrogen-bond donors (Lipinski definition) is 2. The topological polar surface area (TPSA) is 122 Å². The van der Waals surface area contributed by atoms with Gasteiger partial charge in [0.15, 0.2) is 0 Å². The molecular weight excluding hydrogens is 324 g/mol. The van der Waals surface area contributed by atoms with E-state index in [0.29, 0.717) is 11.3 Å². The quantitative estimate of drug-likeness (QED) is 0.382. The van der Waals surface area contributed by atoms with Crippen molar-refractivity contribution in [3.63, 3.8) is 0 Å². The van der Waals surface area contributed by atoms with Crippen LogP contribution in [0.25, 0.3) is 0 Å². The van der Waals surface area contributed by atoms with Crippen LogP contribution < -0.4 is 10.6 Å². The van der Waals surface area contributed by atoms with E-state index in [1.54, 1.807) is 13.0 Å². The lowest BCUT2D eigenvalue weighted by molar-refractivity contribution is -0.384. The average molecular weight is 342 g/mol. The van der Waals surface area contributed by atoms with Gasteiger partial charge in [-0.25, -0.2) is 9.97 Å². The number of non-ortho nitro benzene ring substituents is 1. The number of hydrogen-bond acceptors (Lipinski definition) is 6. The molecule has 0 spiro atoms. The molecule has 1 amide bonds. The van der Waals surface area contributed by atoms with Crippen molar-refractivity contribution >= 4 is 29.2 Å². The molecule has 0 radical (unpaired) electrons. The van der Waals surface area contributed by atoms with Crippen LogP contribution in [-0.2, 0) is 4.79 Å². The number of aryl methyl sites for hydroxylation is 3. The smallest absolute Gasteiger partial charge is 0.269 e. The highest BCUT2D eigenvalue weighted by molar-refractivity contribution is 6.04. The van der Waals surface area contributed by atoms with E-state index in [9.17, 15) is 14.9 Å². The largest absolute Gasteiger partial charge is 0.325 e. The van der Waals surface area contributed by atoms with E-state index in [1.807, 2.05) is 19.9 Å². The predicted octanol–water partition coefficient (Wildman–Crippen LogP) is 2.55. The molecule has 9 nitrogen and oxygen atoms in total. The summed E-state index contributed by atoms with van der Waals surface area (Å²) < 4.78 is 0. The number of anilines is 1. The van der Waals surface area contributed by atoms with Crippen molar-refractivity contribution in [3.8, 4) is 0 Å². The first-order chi connectivity index (χ1) is 11.7. The summed E-state index contributed by atoms with van der Waals surface area (Å²) in [7, 11) is 0. The lowest BCUT2D eigenvalue weighted by Crippen LogP contribution is -2.34. The summed E-state index contributed by atoms with van der Waals surface area (Å²) in [4.78, 5) is 34.4. The van der Waals surface area contributed by atoms with Crippen molar-refractivity contribution in [1.29, 1.82) is 0 Å². The predicted molar refractivity (Wildman–Crippen MR) is 93.9 cm³/mol. The van der Waals surface area contributed by atoms with E-state index in [-0.39, 0.29) is 23.5 Å². The fourth-order valence-electron chi connectivity index (χ4n) is 2.14. The van der Waals surface area contributed by atoms with Gasteiger partial charge in [0.1, 0.15) is 0 Å². The molecule has 0 aliphatic rings. The lowest BCUT2D eigenvalue weighted by Gasteiger charge is -2.12. The number of nitro benzene ring substituents is 1. The summed E-state index contributed by atoms with van der Waals surface area (Å²) in [5.41, 5.74) is 2.69. The van der Waals surface area contributed by atoms with Crippen LogP contribution in [0, 0.1) is 30.9 Å². The first kappa shape index (κ1) is 18.0. The summed E-state index contributed by atoms with van der Waals surface area (Å²) in [6.07, 6.45) is 0. The Morgan fingerprint density at radius 1 is 1.16 bits per heavy atom. The number of carbonyl (C=O) groups is 1. The molecule has 9 heteroatoms. The molecule has 0 fully saturated rings. The van der Waals surface area contributed by atoms with E-state index >= 15 is 0 Å². The Balaban J connectivity index is 2.36. The summed E-state index contributed by atoms with van der Waals surface area (Å²) >= 11 is 0. The van der Waals surface area contributed by atoms with Crippen molar-refractivity contribution < 1.29 is 9.72 Å². The van der Waals surface area contributed by atoms with Gasteiger partial charge in [-0.2, -0.15) is 4.99 Å². The minimum absolute atomic E-state index is 0.0151. The number of nitrogens with one attached hydrogen (secondary N) is 2. The number of carbonyl (C=O) groups excluding carboxylic acids is 1. The maximum atomic E-state index is 11.4. The summed E-state index contributed by atoms with van der Waals surface area (Å²) in [6.45, 7) is 6.70. The molecule has 2 aromatic rings. The van der Waals surface area contributed by atoms with Crippen LogP contribution in [0.4, 0.5) is 17.3 Å². The van der Waals surface area contributed by atoms with Crippen molar-refractivity contribution in [1.82, 2.24) is 15.3 Å². The third-order valence-corrected chi connectivity index (χ3v) is 3.15. The molecule has 0 unspecified atom stereocenters. The Kier molecular flexibility index (Phi) is 5.38. The van der Waals surface area contributed by atoms with Crippen LogP contribution in [0.1, 0.15) is 23.9 Å². The number of nitrogens with zero attached hydrogens (tertiary/aromatic N) is 4. The van der Waals surface area contributed by atoms with Gasteiger partial charge in [0.05, 0.1) is 4.92 Å². The van der Waals surface area contributed by atoms with Crippen molar-refractivity contribution in [2.24, 2.45) is 4.99 Å². The van der Waals surface area contributed by atoms with Gasteiger partial charge in [-0.15, -0.1) is 0 Å². The number of aromatic nitrogens is 2. The Morgan fingerprint density at radius 3 is 2.32 bits per heavy atom. The van der Waals surface area contributed by atoms with Crippen LogP contribution in [0.15, 0.2) is 29.3 Å². The molecule has 0 saturated carbocycles. The Bertz CT molecular complexity index is 843. The van der Waals surface area contributed by atoms with Crippen LogP contribution >= 0.6 is 0 Å². The Hall–Kier alpha value is -3.36. The minimum atomic E-state index is -0.469. The van der Waals surface area contributed by atoms with Gasteiger partial charge in [-0.1, -0.05) is 0 Å². The molecule has 1 heterocycles. The van der Waals surface area contributed by atoms with E-state index in [1.165, 1.54) is 19.1 Å². The normalized spacial score (nSPS) is 11.1. The number of aliphatic imine (C=N–C) groups is 1. The maximum absolute atomic E-state index is 11.4. The van der Waals surface area contributed by atoms with Gasteiger partial charge in [0, 0.05) is 36.1 Å². The molecule has 2 N–H and O–H groups in total. The average Bonchev–Trinajstić information content (AvgIpc) is 2.47. The molecular formula is C16H18N6O3.